The molecule has 0 aliphatic rings. The molecule has 0 atom stereocenters. The smallest absolute Gasteiger partial charge is 0.304 e. The van der Waals surface area contributed by atoms with Crippen LogP contribution in [0, 0.1) is 0 Å². The molecule has 1 heterocycles. The maximum Gasteiger partial charge on any atom is 0.304 e. The molecule has 1 N–H and O–H groups in total. The second kappa shape index (κ2) is 3.66. The summed E-state index contributed by atoms with van der Waals surface area (Å²) >= 11 is 1.09. The van der Waals surface area contributed by atoms with Gasteiger partial charge in [0.05, 0.1) is 5.69 Å². The lowest BCUT2D eigenvalue weighted by Crippen LogP contribution is -2.06. The molecule has 0 saturated carbocycles. The van der Waals surface area contributed by atoms with E-state index in [1.165, 1.54) is 14.2 Å². The highest BCUT2D eigenvalue weighted by molar-refractivity contribution is 7.07. The third-order valence-electron chi connectivity index (χ3n) is 1.22. The lowest BCUT2D eigenvalue weighted by atomic mass is 10.5. The molecule has 11 heavy (non-hydrogen) atoms. The van der Waals surface area contributed by atoms with Crippen LogP contribution in [0.2, 0.25) is 0 Å². The van der Waals surface area contributed by atoms with E-state index in [0.717, 1.165) is 11.3 Å². The lowest BCUT2D eigenvalue weighted by Gasteiger charge is -2.09. The molecule has 0 saturated heterocycles. The summed E-state index contributed by atoms with van der Waals surface area (Å²) in [4.78, 5) is 13.2. The van der Waals surface area contributed by atoms with E-state index in [0.29, 0.717) is 5.69 Å². The topological polar surface area (TPSA) is 51.3 Å². The van der Waals surface area contributed by atoms with E-state index in [2.05, 4.69) is 4.98 Å². The number of methoxy groups -OCH3 is 2. The predicted octanol–water partition coefficient (Wildman–Crippen LogP) is 0.728. The number of aromatic nitrogens is 1. The standard InChI is InChI=1S/C6H9NO3S/c1-9-5(10-2)4-3-11-6(8)7-4/h3,5H,1-2H3,(H,7,8). The fourth-order valence-corrected chi connectivity index (χ4v) is 1.34. The maximum absolute atomic E-state index is 10.7. The van der Waals surface area contributed by atoms with Gasteiger partial charge in [-0.15, -0.1) is 0 Å². The Bertz CT molecular complexity index is 263. The van der Waals surface area contributed by atoms with Gasteiger partial charge in [0.15, 0.2) is 6.29 Å². The van der Waals surface area contributed by atoms with Crippen LogP contribution in [0.3, 0.4) is 0 Å². The summed E-state index contributed by atoms with van der Waals surface area (Å²) in [7, 11) is 3.04. The van der Waals surface area contributed by atoms with Crippen LogP contribution in [-0.4, -0.2) is 19.2 Å². The predicted molar refractivity (Wildman–Crippen MR) is 41.7 cm³/mol. The number of thiazole rings is 1. The summed E-state index contributed by atoms with van der Waals surface area (Å²) in [5, 5.41) is 1.68. The number of nitrogens with one attached hydrogen (secondary N) is 1. The number of ether oxygens (including phenoxy) is 2. The first-order valence-corrected chi connectivity index (χ1v) is 3.89. The summed E-state index contributed by atoms with van der Waals surface area (Å²) < 4.78 is 9.83. The number of hydrogen-bond acceptors (Lipinski definition) is 4. The van der Waals surface area contributed by atoms with Crippen LogP contribution >= 0.6 is 11.3 Å². The van der Waals surface area contributed by atoms with E-state index in [1.54, 1.807) is 5.38 Å². The van der Waals surface area contributed by atoms with Crippen LogP contribution in [-0.2, 0) is 9.47 Å². The molecule has 0 bridgehead atoms. The van der Waals surface area contributed by atoms with Crippen molar-refractivity contribution >= 4 is 11.3 Å². The molecule has 0 aromatic carbocycles. The quantitative estimate of drug-likeness (QED) is 0.689. The number of hydrogen-bond donors (Lipinski definition) is 1. The van der Waals surface area contributed by atoms with Crippen LogP contribution in [0.25, 0.3) is 0 Å². The Labute approximate surface area is 67.8 Å². The zero-order valence-corrected chi connectivity index (χ0v) is 7.10. The van der Waals surface area contributed by atoms with Gasteiger partial charge in [-0.1, -0.05) is 11.3 Å². The van der Waals surface area contributed by atoms with E-state index >= 15 is 0 Å². The van der Waals surface area contributed by atoms with E-state index in [9.17, 15) is 4.79 Å². The van der Waals surface area contributed by atoms with E-state index < -0.39 is 6.29 Å². The first kappa shape index (κ1) is 8.45. The van der Waals surface area contributed by atoms with Gasteiger partial charge in [0.2, 0.25) is 0 Å². The average Bonchev–Trinajstić information content (AvgIpc) is 2.39. The monoisotopic (exact) mass is 175 g/mol. The zero-order valence-electron chi connectivity index (χ0n) is 6.29. The number of rotatable bonds is 3. The molecule has 5 heteroatoms. The van der Waals surface area contributed by atoms with Gasteiger partial charge >= 0.3 is 4.87 Å². The molecular weight excluding hydrogens is 166 g/mol. The Hall–Kier alpha value is -0.650. The molecule has 1 aromatic rings. The van der Waals surface area contributed by atoms with Crippen molar-refractivity contribution in [2.24, 2.45) is 0 Å². The first-order valence-electron chi connectivity index (χ1n) is 3.01. The minimum absolute atomic E-state index is 0.0981. The summed E-state index contributed by atoms with van der Waals surface area (Å²) in [6.07, 6.45) is -0.464. The van der Waals surface area contributed by atoms with Gasteiger partial charge in [-0.3, -0.25) is 4.79 Å². The number of aromatic amines is 1. The largest absolute Gasteiger partial charge is 0.350 e. The van der Waals surface area contributed by atoms with Gasteiger partial charge in [-0.05, 0) is 0 Å². The second-order valence-corrected chi connectivity index (χ2v) is 2.75. The minimum atomic E-state index is -0.464. The molecule has 0 aliphatic carbocycles. The summed E-state index contributed by atoms with van der Waals surface area (Å²) in [6, 6.07) is 0. The third kappa shape index (κ3) is 1.89. The highest BCUT2D eigenvalue weighted by Crippen LogP contribution is 2.13. The molecular formula is C6H9NO3S. The van der Waals surface area contributed by atoms with Gasteiger partial charge in [-0.25, -0.2) is 0 Å². The Morgan fingerprint density at radius 1 is 1.55 bits per heavy atom. The Kier molecular flexibility index (Phi) is 2.81. The normalized spacial score (nSPS) is 10.8. The summed E-state index contributed by atoms with van der Waals surface area (Å²) in [6.45, 7) is 0. The number of H-pyrrole nitrogens is 1. The van der Waals surface area contributed by atoms with Gasteiger partial charge < -0.3 is 14.5 Å². The van der Waals surface area contributed by atoms with Crippen LogP contribution in [0.4, 0.5) is 0 Å². The van der Waals surface area contributed by atoms with Crippen molar-refractivity contribution in [3.63, 3.8) is 0 Å². The van der Waals surface area contributed by atoms with E-state index in [4.69, 9.17) is 9.47 Å². The fraction of sp³-hybridized carbons (Fsp3) is 0.500. The van der Waals surface area contributed by atoms with Gasteiger partial charge in [0.1, 0.15) is 0 Å². The molecule has 0 unspecified atom stereocenters. The van der Waals surface area contributed by atoms with Crippen molar-refractivity contribution in [2.45, 2.75) is 6.29 Å². The lowest BCUT2D eigenvalue weighted by molar-refractivity contribution is -0.108. The van der Waals surface area contributed by atoms with Gasteiger partial charge in [0.25, 0.3) is 0 Å². The molecule has 0 aliphatic heterocycles. The van der Waals surface area contributed by atoms with E-state index in [1.807, 2.05) is 0 Å². The highest BCUT2D eigenvalue weighted by Gasteiger charge is 2.09. The Balaban J connectivity index is 2.81. The fourth-order valence-electron chi connectivity index (χ4n) is 0.758. The van der Waals surface area contributed by atoms with Crippen LogP contribution < -0.4 is 4.87 Å². The third-order valence-corrected chi connectivity index (χ3v) is 1.91. The molecule has 0 radical (unpaired) electrons. The van der Waals surface area contributed by atoms with Gasteiger partial charge in [0, 0.05) is 19.6 Å². The van der Waals surface area contributed by atoms with Crippen molar-refractivity contribution in [3.8, 4) is 0 Å². The molecule has 62 valence electrons. The van der Waals surface area contributed by atoms with Crippen molar-refractivity contribution in [3.05, 3.63) is 20.7 Å². The van der Waals surface area contributed by atoms with Crippen LogP contribution in [0.15, 0.2) is 10.2 Å². The van der Waals surface area contributed by atoms with Crippen molar-refractivity contribution < 1.29 is 9.47 Å². The first-order chi connectivity index (χ1) is 5.27. The summed E-state index contributed by atoms with van der Waals surface area (Å²) in [5.74, 6) is 0. The maximum atomic E-state index is 10.7. The van der Waals surface area contributed by atoms with Crippen molar-refractivity contribution in [1.82, 2.24) is 4.98 Å². The second-order valence-electron chi connectivity index (χ2n) is 1.91. The summed E-state index contributed by atoms with van der Waals surface area (Å²) in [5.41, 5.74) is 0.657. The Morgan fingerprint density at radius 3 is 2.55 bits per heavy atom. The molecule has 0 amide bonds. The SMILES string of the molecule is COC(OC)c1csc(=O)[nH]1. The minimum Gasteiger partial charge on any atom is -0.350 e. The van der Waals surface area contributed by atoms with E-state index in [-0.39, 0.29) is 4.87 Å². The molecule has 4 nitrogen and oxygen atoms in total. The average molecular weight is 175 g/mol. The molecule has 1 aromatic heterocycles. The van der Waals surface area contributed by atoms with Crippen molar-refractivity contribution in [2.75, 3.05) is 14.2 Å². The van der Waals surface area contributed by atoms with Gasteiger partial charge in [-0.2, -0.15) is 0 Å². The molecule has 1 rings (SSSR count). The van der Waals surface area contributed by atoms with Crippen LogP contribution in [0.1, 0.15) is 12.0 Å². The molecule has 0 fully saturated rings. The molecule has 0 spiro atoms. The highest BCUT2D eigenvalue weighted by atomic mass is 32.1. The Morgan fingerprint density at radius 2 is 2.18 bits per heavy atom. The van der Waals surface area contributed by atoms with Crippen molar-refractivity contribution in [1.29, 1.82) is 0 Å². The zero-order chi connectivity index (χ0) is 8.27. The van der Waals surface area contributed by atoms with Crippen LogP contribution in [0.5, 0.6) is 0 Å².